The highest BCUT2D eigenvalue weighted by Gasteiger charge is 2.18. The van der Waals surface area contributed by atoms with Crippen LogP contribution in [-0.2, 0) is 4.74 Å². The van der Waals surface area contributed by atoms with Crippen LogP contribution in [0, 0.1) is 20.8 Å². The van der Waals surface area contributed by atoms with Gasteiger partial charge in [0.05, 0.1) is 12.2 Å². The Hall–Kier alpha value is -2.36. The van der Waals surface area contributed by atoms with E-state index in [1.807, 2.05) is 38.1 Å². The first-order valence-electron chi connectivity index (χ1n) is 7.93. The van der Waals surface area contributed by atoms with Crippen LogP contribution in [0.25, 0.3) is 5.69 Å². The molecule has 0 aliphatic carbocycles. The summed E-state index contributed by atoms with van der Waals surface area (Å²) in [6, 6.07) is 9.15. The standard InChI is InChI=1S/C19H23NO3/c1-5-6-10-23-19(22)18-14(3)12-17(21)20(15(18)4)16-9-7-8-13(2)11-16/h7-9,11-12H,5-6,10H2,1-4H3. The fourth-order valence-corrected chi connectivity index (χ4v) is 2.66. The predicted molar refractivity (Wildman–Crippen MR) is 91.4 cm³/mol. The average Bonchev–Trinajstić information content (AvgIpc) is 2.47. The second-order valence-corrected chi connectivity index (χ2v) is 5.79. The van der Waals surface area contributed by atoms with Gasteiger partial charge in [0, 0.05) is 17.4 Å². The third-order valence-electron chi connectivity index (χ3n) is 3.85. The molecule has 0 aliphatic heterocycles. The molecule has 1 aromatic carbocycles. The first kappa shape index (κ1) is 17.0. The zero-order chi connectivity index (χ0) is 17.0. The van der Waals surface area contributed by atoms with Crippen molar-refractivity contribution in [2.24, 2.45) is 0 Å². The maximum atomic E-state index is 12.4. The van der Waals surface area contributed by atoms with Crippen molar-refractivity contribution in [3.63, 3.8) is 0 Å². The third kappa shape index (κ3) is 3.70. The minimum atomic E-state index is -0.366. The molecular weight excluding hydrogens is 290 g/mol. The maximum absolute atomic E-state index is 12.4. The zero-order valence-electron chi connectivity index (χ0n) is 14.2. The lowest BCUT2D eigenvalue weighted by Gasteiger charge is -2.16. The van der Waals surface area contributed by atoms with Crippen molar-refractivity contribution in [2.75, 3.05) is 6.61 Å². The van der Waals surface area contributed by atoms with Crippen LogP contribution in [-0.4, -0.2) is 17.1 Å². The minimum Gasteiger partial charge on any atom is -0.462 e. The largest absolute Gasteiger partial charge is 0.462 e. The van der Waals surface area contributed by atoms with Crippen molar-refractivity contribution in [1.82, 2.24) is 4.57 Å². The van der Waals surface area contributed by atoms with Crippen LogP contribution >= 0.6 is 0 Å². The van der Waals surface area contributed by atoms with Gasteiger partial charge in [-0.15, -0.1) is 0 Å². The number of ether oxygens (including phenoxy) is 1. The van der Waals surface area contributed by atoms with Gasteiger partial charge in [0.25, 0.3) is 5.56 Å². The fourth-order valence-electron chi connectivity index (χ4n) is 2.66. The summed E-state index contributed by atoms with van der Waals surface area (Å²) in [5, 5.41) is 0. The number of unbranched alkanes of at least 4 members (excludes halogenated alkanes) is 1. The van der Waals surface area contributed by atoms with Crippen molar-refractivity contribution in [2.45, 2.75) is 40.5 Å². The molecule has 0 radical (unpaired) electrons. The fraction of sp³-hybridized carbons (Fsp3) is 0.368. The number of nitrogens with zero attached hydrogens (tertiary/aromatic N) is 1. The lowest BCUT2D eigenvalue weighted by Crippen LogP contribution is -2.25. The Kier molecular flexibility index (Phi) is 5.37. The van der Waals surface area contributed by atoms with Gasteiger partial charge in [-0.2, -0.15) is 0 Å². The number of esters is 1. The van der Waals surface area contributed by atoms with Gasteiger partial charge in [0.2, 0.25) is 0 Å². The average molecular weight is 313 g/mol. The van der Waals surface area contributed by atoms with Gasteiger partial charge in [-0.05, 0) is 50.5 Å². The molecule has 0 fully saturated rings. The quantitative estimate of drug-likeness (QED) is 0.624. The van der Waals surface area contributed by atoms with Gasteiger partial charge >= 0.3 is 5.97 Å². The summed E-state index contributed by atoms with van der Waals surface area (Å²) in [4.78, 5) is 24.8. The van der Waals surface area contributed by atoms with E-state index < -0.39 is 0 Å². The summed E-state index contributed by atoms with van der Waals surface area (Å²) in [5.41, 5.74) is 3.41. The van der Waals surface area contributed by atoms with Crippen LogP contribution in [0.1, 0.15) is 46.9 Å². The summed E-state index contributed by atoms with van der Waals surface area (Å²) in [6.45, 7) is 7.97. The van der Waals surface area contributed by atoms with Gasteiger partial charge in [-0.1, -0.05) is 25.5 Å². The lowest BCUT2D eigenvalue weighted by atomic mass is 10.1. The van der Waals surface area contributed by atoms with Crippen LogP contribution in [0.4, 0.5) is 0 Å². The molecule has 2 aromatic rings. The first-order chi connectivity index (χ1) is 11.0. The summed E-state index contributed by atoms with van der Waals surface area (Å²) in [7, 11) is 0. The van der Waals surface area contributed by atoms with E-state index in [9.17, 15) is 9.59 Å². The molecule has 23 heavy (non-hydrogen) atoms. The second kappa shape index (κ2) is 7.27. The molecule has 4 heteroatoms. The second-order valence-electron chi connectivity index (χ2n) is 5.79. The molecule has 0 amide bonds. The van der Waals surface area contributed by atoms with Gasteiger partial charge in [0.1, 0.15) is 0 Å². The van der Waals surface area contributed by atoms with Crippen molar-refractivity contribution in [1.29, 1.82) is 0 Å². The SMILES string of the molecule is CCCCOC(=O)c1c(C)cc(=O)n(-c2cccc(C)c2)c1C. The van der Waals surface area contributed by atoms with Gasteiger partial charge in [-0.25, -0.2) is 4.79 Å². The minimum absolute atomic E-state index is 0.143. The molecule has 4 nitrogen and oxygen atoms in total. The highest BCUT2D eigenvalue weighted by Crippen LogP contribution is 2.17. The molecule has 0 atom stereocenters. The highest BCUT2D eigenvalue weighted by molar-refractivity contribution is 5.92. The number of aromatic nitrogens is 1. The molecule has 0 aliphatic rings. The number of pyridine rings is 1. The van der Waals surface area contributed by atoms with Crippen molar-refractivity contribution < 1.29 is 9.53 Å². The highest BCUT2D eigenvalue weighted by atomic mass is 16.5. The van der Waals surface area contributed by atoms with E-state index in [0.29, 0.717) is 23.4 Å². The van der Waals surface area contributed by atoms with Gasteiger partial charge in [-0.3, -0.25) is 9.36 Å². The summed E-state index contributed by atoms with van der Waals surface area (Å²) in [5.74, 6) is -0.366. The Morgan fingerprint density at radius 3 is 2.57 bits per heavy atom. The van der Waals surface area contributed by atoms with E-state index in [0.717, 1.165) is 24.1 Å². The molecule has 0 unspecified atom stereocenters. The van der Waals surface area contributed by atoms with E-state index in [2.05, 4.69) is 0 Å². The third-order valence-corrected chi connectivity index (χ3v) is 3.85. The molecule has 0 saturated carbocycles. The predicted octanol–water partition coefficient (Wildman–Crippen LogP) is 3.72. The van der Waals surface area contributed by atoms with E-state index in [1.54, 1.807) is 18.4 Å². The normalized spacial score (nSPS) is 10.6. The lowest BCUT2D eigenvalue weighted by molar-refractivity contribution is 0.0497. The smallest absolute Gasteiger partial charge is 0.340 e. The number of carbonyl (C=O) groups is 1. The zero-order valence-corrected chi connectivity index (χ0v) is 14.2. The summed E-state index contributed by atoms with van der Waals surface area (Å²) >= 11 is 0. The first-order valence-corrected chi connectivity index (χ1v) is 7.93. The van der Waals surface area contributed by atoms with Crippen LogP contribution in [0.2, 0.25) is 0 Å². The molecule has 0 spiro atoms. The number of aryl methyl sites for hydroxylation is 2. The molecule has 2 rings (SSSR count). The number of rotatable bonds is 5. The van der Waals surface area contributed by atoms with Crippen molar-refractivity contribution >= 4 is 5.97 Å². The molecule has 122 valence electrons. The number of carbonyl (C=O) groups excluding carboxylic acids is 1. The number of hydrogen-bond donors (Lipinski definition) is 0. The summed E-state index contributed by atoms with van der Waals surface area (Å²) in [6.07, 6.45) is 1.80. The van der Waals surface area contributed by atoms with E-state index in [-0.39, 0.29) is 11.5 Å². The van der Waals surface area contributed by atoms with Gasteiger partial charge < -0.3 is 4.74 Å². The number of benzene rings is 1. The van der Waals surface area contributed by atoms with Crippen LogP contribution in [0.15, 0.2) is 35.1 Å². The Labute approximate surface area is 136 Å². The van der Waals surface area contributed by atoms with Crippen LogP contribution in [0.3, 0.4) is 0 Å². The monoisotopic (exact) mass is 313 g/mol. The van der Waals surface area contributed by atoms with E-state index in [4.69, 9.17) is 4.74 Å². The van der Waals surface area contributed by atoms with Crippen molar-refractivity contribution in [3.05, 3.63) is 63.1 Å². The Balaban J connectivity index is 2.51. The molecule has 1 aromatic heterocycles. The Morgan fingerprint density at radius 2 is 1.91 bits per heavy atom. The van der Waals surface area contributed by atoms with Crippen molar-refractivity contribution in [3.8, 4) is 5.69 Å². The van der Waals surface area contributed by atoms with E-state index in [1.165, 1.54) is 6.07 Å². The molecule has 1 heterocycles. The topological polar surface area (TPSA) is 48.3 Å². The molecule has 0 bridgehead atoms. The number of hydrogen-bond acceptors (Lipinski definition) is 3. The van der Waals surface area contributed by atoms with E-state index >= 15 is 0 Å². The molecular formula is C19H23NO3. The molecule has 0 N–H and O–H groups in total. The van der Waals surface area contributed by atoms with Gasteiger partial charge in [0.15, 0.2) is 0 Å². The molecule has 0 saturated heterocycles. The maximum Gasteiger partial charge on any atom is 0.340 e. The van der Waals surface area contributed by atoms with Crippen LogP contribution in [0.5, 0.6) is 0 Å². The van der Waals surface area contributed by atoms with Crippen LogP contribution < -0.4 is 5.56 Å². The Morgan fingerprint density at radius 1 is 1.17 bits per heavy atom. The Bertz CT molecular complexity index is 775. The summed E-state index contributed by atoms with van der Waals surface area (Å²) < 4.78 is 6.90.